The number of carbonyl (C=O) groups excluding carboxylic acids is 1. The van der Waals surface area contributed by atoms with Crippen LogP contribution in [-0.4, -0.2) is 49.5 Å². The summed E-state index contributed by atoms with van der Waals surface area (Å²) in [5, 5.41) is 48.6. The third-order valence-corrected chi connectivity index (χ3v) is 8.57. The summed E-state index contributed by atoms with van der Waals surface area (Å²) in [6.07, 6.45) is 24.8. The Labute approximate surface area is 247 Å². The van der Waals surface area contributed by atoms with Crippen LogP contribution in [0.15, 0.2) is 53.5 Å². The number of aliphatic carboxylic acids is 1. The van der Waals surface area contributed by atoms with Crippen LogP contribution >= 0.6 is 0 Å². The topological polar surface area (TPSA) is 145 Å². The second kappa shape index (κ2) is 14.6. The van der Waals surface area contributed by atoms with Crippen molar-refractivity contribution in [3.63, 3.8) is 0 Å². The Morgan fingerprint density at radius 3 is 2.19 bits per heavy atom. The SMILES string of the molecule is O=C(O)CCCCCCCCCCCCC1C=CCC1.O=C1C=CC2=C3c4cc(O)c(O)cc4CC3(O)COC2=C1O. The molecule has 1 aromatic carbocycles. The van der Waals surface area contributed by atoms with E-state index >= 15 is 0 Å². The van der Waals surface area contributed by atoms with Gasteiger partial charge >= 0.3 is 5.97 Å². The first kappa shape index (κ1) is 31.4. The minimum atomic E-state index is -1.33. The molecule has 8 nitrogen and oxygen atoms in total. The number of rotatable bonds is 13. The largest absolute Gasteiger partial charge is 0.504 e. The maximum atomic E-state index is 11.5. The number of aromatic hydroxyl groups is 2. The molecule has 0 bridgehead atoms. The number of aliphatic hydroxyl groups excluding tert-OH is 1. The fourth-order valence-corrected chi connectivity index (χ4v) is 6.29. The minimum absolute atomic E-state index is 0.0348. The van der Waals surface area contributed by atoms with Crippen molar-refractivity contribution in [2.24, 2.45) is 5.92 Å². The quantitative estimate of drug-likeness (QED) is 0.0974. The van der Waals surface area contributed by atoms with Crippen molar-refractivity contribution in [3.8, 4) is 11.5 Å². The zero-order chi connectivity index (χ0) is 30.1. The Kier molecular flexibility index (Phi) is 10.9. The number of carbonyl (C=O) groups is 2. The molecule has 0 aromatic heterocycles. The number of carboxylic acid groups (broad SMARTS) is 1. The summed E-state index contributed by atoms with van der Waals surface area (Å²) < 4.78 is 5.40. The first-order valence-corrected chi connectivity index (χ1v) is 15.4. The summed E-state index contributed by atoms with van der Waals surface area (Å²) >= 11 is 0. The van der Waals surface area contributed by atoms with Gasteiger partial charge in [-0.1, -0.05) is 69.9 Å². The molecule has 42 heavy (non-hydrogen) atoms. The van der Waals surface area contributed by atoms with E-state index in [-0.39, 0.29) is 30.3 Å². The highest BCUT2D eigenvalue weighted by Gasteiger charge is 2.47. The normalized spacial score (nSPS) is 21.9. The van der Waals surface area contributed by atoms with Crippen molar-refractivity contribution in [2.45, 2.75) is 102 Å². The number of fused-ring (bicyclic) bond motifs is 4. The number of aliphatic hydroxyl groups is 2. The van der Waals surface area contributed by atoms with Gasteiger partial charge in [-0.2, -0.15) is 0 Å². The van der Waals surface area contributed by atoms with Gasteiger partial charge in [0.15, 0.2) is 17.3 Å². The number of hydrogen-bond donors (Lipinski definition) is 5. The average Bonchev–Trinajstić information content (AvgIpc) is 3.57. The number of phenols is 2. The number of hydrogen-bond acceptors (Lipinski definition) is 7. The Morgan fingerprint density at radius 1 is 0.905 bits per heavy atom. The van der Waals surface area contributed by atoms with Crippen LogP contribution in [0, 0.1) is 5.92 Å². The molecule has 8 heteroatoms. The smallest absolute Gasteiger partial charge is 0.303 e. The van der Waals surface area contributed by atoms with Crippen LogP contribution in [0.3, 0.4) is 0 Å². The molecule has 1 aromatic rings. The van der Waals surface area contributed by atoms with Crippen molar-refractivity contribution in [1.29, 1.82) is 0 Å². The maximum absolute atomic E-state index is 11.5. The fourth-order valence-electron chi connectivity index (χ4n) is 6.29. The third-order valence-electron chi connectivity index (χ3n) is 8.57. The lowest BCUT2D eigenvalue weighted by atomic mass is 9.85. The van der Waals surface area contributed by atoms with Gasteiger partial charge in [-0.05, 0) is 67.0 Å². The van der Waals surface area contributed by atoms with E-state index in [4.69, 9.17) is 9.84 Å². The van der Waals surface area contributed by atoms with Gasteiger partial charge in [-0.25, -0.2) is 0 Å². The molecule has 0 spiro atoms. The van der Waals surface area contributed by atoms with Crippen LogP contribution in [0.4, 0.5) is 0 Å². The number of carboxylic acids is 1. The molecule has 4 aliphatic rings. The van der Waals surface area contributed by atoms with Gasteiger partial charge in [0.2, 0.25) is 11.5 Å². The summed E-state index contributed by atoms with van der Waals surface area (Å²) in [6.45, 7) is -0.122. The molecule has 1 aliphatic heterocycles. The molecule has 0 saturated heterocycles. The minimum Gasteiger partial charge on any atom is -0.504 e. The first-order chi connectivity index (χ1) is 20.2. The number of allylic oxidation sites excluding steroid dienone is 4. The standard InChI is InChI=1S/C18H32O2.C16H12O6/c19-18(20)16-10-8-6-4-2-1-3-5-7-9-13-17-14-11-12-15-17;17-10-2-1-8-13-9-4-12(19)11(18)3-7(9)5-16(13,21)6-22-15(8)14(10)20/h11,14,17H,1-10,12-13,15-16H2,(H,19,20);1-4,18-21H,5-6H2. The van der Waals surface area contributed by atoms with Crippen molar-refractivity contribution >= 4 is 17.3 Å². The molecule has 2 unspecified atom stereocenters. The van der Waals surface area contributed by atoms with Crippen molar-refractivity contribution < 1.29 is 39.9 Å². The lowest BCUT2D eigenvalue weighted by molar-refractivity contribution is -0.137. The van der Waals surface area contributed by atoms with Crippen LogP contribution in [0.2, 0.25) is 0 Å². The molecule has 3 aliphatic carbocycles. The Hall–Kier alpha value is -3.52. The predicted molar refractivity (Wildman–Crippen MR) is 160 cm³/mol. The zero-order valence-electron chi connectivity index (χ0n) is 24.3. The summed E-state index contributed by atoms with van der Waals surface area (Å²) in [4.78, 5) is 21.9. The van der Waals surface area contributed by atoms with E-state index in [1.54, 1.807) is 0 Å². The predicted octanol–water partition coefficient (Wildman–Crippen LogP) is 6.80. The van der Waals surface area contributed by atoms with Gasteiger partial charge in [0.05, 0.1) is 0 Å². The summed E-state index contributed by atoms with van der Waals surface area (Å²) in [7, 11) is 0. The van der Waals surface area contributed by atoms with Crippen LogP contribution in [0.25, 0.3) is 5.57 Å². The van der Waals surface area contributed by atoms with Crippen LogP contribution in [0.1, 0.15) is 101 Å². The molecular weight excluding hydrogens is 536 g/mol. The zero-order valence-corrected chi connectivity index (χ0v) is 24.3. The van der Waals surface area contributed by atoms with E-state index < -0.39 is 23.1 Å². The van der Waals surface area contributed by atoms with Crippen molar-refractivity contribution in [1.82, 2.24) is 0 Å². The van der Waals surface area contributed by atoms with Crippen molar-refractivity contribution in [2.75, 3.05) is 6.61 Å². The molecular formula is C34H44O8. The van der Waals surface area contributed by atoms with E-state index in [0.29, 0.717) is 28.7 Å². The molecule has 0 fully saturated rings. The van der Waals surface area contributed by atoms with Crippen LogP contribution in [0.5, 0.6) is 11.5 Å². The molecule has 0 saturated carbocycles. The molecule has 5 N–H and O–H groups in total. The molecule has 0 radical (unpaired) electrons. The van der Waals surface area contributed by atoms with Crippen molar-refractivity contribution in [3.05, 3.63) is 64.7 Å². The van der Waals surface area contributed by atoms with E-state index in [9.17, 15) is 30.0 Å². The Bertz CT molecular complexity index is 1270. The first-order valence-electron chi connectivity index (χ1n) is 15.4. The van der Waals surface area contributed by atoms with Crippen LogP contribution in [-0.2, 0) is 20.7 Å². The average molecular weight is 581 g/mol. The summed E-state index contributed by atoms with van der Waals surface area (Å²) in [5.41, 5.74) is 0.797. The second-order valence-electron chi connectivity index (χ2n) is 11.9. The fraction of sp³-hybridized carbons (Fsp3) is 0.529. The monoisotopic (exact) mass is 580 g/mol. The molecule has 0 amide bonds. The Morgan fingerprint density at radius 2 is 1.55 bits per heavy atom. The lowest BCUT2D eigenvalue weighted by Crippen LogP contribution is -2.39. The van der Waals surface area contributed by atoms with Gasteiger partial charge in [0.1, 0.15) is 12.2 Å². The maximum Gasteiger partial charge on any atom is 0.303 e. The highest BCUT2D eigenvalue weighted by Crippen LogP contribution is 2.50. The Balaban J connectivity index is 0.000000194. The van der Waals surface area contributed by atoms with Gasteiger partial charge in [-0.3, -0.25) is 9.59 Å². The highest BCUT2D eigenvalue weighted by atomic mass is 16.5. The highest BCUT2D eigenvalue weighted by molar-refractivity contribution is 6.06. The van der Waals surface area contributed by atoms with Gasteiger partial charge in [-0.15, -0.1) is 0 Å². The third kappa shape index (κ3) is 7.85. The van der Waals surface area contributed by atoms with E-state index in [1.807, 2.05) is 0 Å². The molecule has 1 heterocycles. The summed E-state index contributed by atoms with van der Waals surface area (Å²) in [5.74, 6) is -1.35. The van der Waals surface area contributed by atoms with E-state index in [0.717, 1.165) is 18.8 Å². The van der Waals surface area contributed by atoms with Crippen LogP contribution < -0.4 is 0 Å². The van der Waals surface area contributed by atoms with E-state index in [2.05, 4.69) is 12.2 Å². The molecule has 228 valence electrons. The number of ether oxygens (including phenoxy) is 1. The second-order valence-corrected chi connectivity index (χ2v) is 11.9. The van der Waals surface area contributed by atoms with Gasteiger partial charge < -0.3 is 30.3 Å². The van der Waals surface area contributed by atoms with E-state index in [1.165, 1.54) is 94.9 Å². The molecule has 5 rings (SSSR count). The number of unbranched alkanes of at least 4 members (excludes halogenated alkanes) is 9. The number of phenolic OH excluding ortho intramolecular Hbond substituents is 2. The number of ketones is 1. The lowest BCUT2D eigenvalue weighted by Gasteiger charge is -2.33. The number of benzene rings is 1. The summed E-state index contributed by atoms with van der Waals surface area (Å²) in [6, 6.07) is 2.77. The van der Waals surface area contributed by atoms with Gasteiger partial charge in [0.25, 0.3) is 0 Å². The van der Waals surface area contributed by atoms with Gasteiger partial charge in [0, 0.05) is 24.0 Å². The molecule has 2 atom stereocenters.